The van der Waals surface area contributed by atoms with Gasteiger partial charge in [-0.1, -0.05) is 26.0 Å². The standard InChI is InChI=1S/C23H39N5O2.HI/c1-7-23(8-2)19(14-20(23)30-9-3)27-22(24-4)25-15-17-11-10-12-18(13-17)26-21(29)16-28(5)6;/h10-13,19-20H,7-9,14-16H2,1-6H3,(H,26,29)(H2,24,25,27);1H. The summed E-state index contributed by atoms with van der Waals surface area (Å²) in [7, 11) is 5.55. The monoisotopic (exact) mass is 545 g/mol. The molecule has 1 aromatic rings. The zero-order valence-electron chi connectivity index (χ0n) is 19.8. The molecule has 7 nitrogen and oxygen atoms in total. The van der Waals surface area contributed by atoms with Crippen LogP contribution in [0.2, 0.25) is 0 Å². The van der Waals surface area contributed by atoms with E-state index in [9.17, 15) is 4.79 Å². The number of guanidine groups is 1. The van der Waals surface area contributed by atoms with Crippen LogP contribution in [-0.4, -0.2) is 63.2 Å². The van der Waals surface area contributed by atoms with Crippen molar-refractivity contribution in [2.75, 3.05) is 39.6 Å². The summed E-state index contributed by atoms with van der Waals surface area (Å²) < 4.78 is 5.98. The van der Waals surface area contributed by atoms with E-state index in [0.717, 1.165) is 43.1 Å². The number of rotatable bonds is 10. The third kappa shape index (κ3) is 7.32. The van der Waals surface area contributed by atoms with Gasteiger partial charge in [-0.25, -0.2) is 0 Å². The summed E-state index contributed by atoms with van der Waals surface area (Å²) >= 11 is 0. The first-order valence-corrected chi connectivity index (χ1v) is 11.0. The fourth-order valence-corrected chi connectivity index (χ4v) is 4.38. The number of halogens is 1. The number of nitrogens with zero attached hydrogens (tertiary/aromatic N) is 2. The first kappa shape index (κ1) is 27.6. The quantitative estimate of drug-likeness (QED) is 0.239. The number of hydrogen-bond acceptors (Lipinski definition) is 4. The van der Waals surface area contributed by atoms with E-state index in [4.69, 9.17) is 4.74 Å². The predicted octanol–water partition coefficient (Wildman–Crippen LogP) is 3.45. The lowest BCUT2D eigenvalue weighted by molar-refractivity contribution is -0.133. The minimum atomic E-state index is -0.0214. The number of amides is 1. The molecule has 1 aliphatic rings. The van der Waals surface area contributed by atoms with Crippen molar-refractivity contribution < 1.29 is 9.53 Å². The fraction of sp³-hybridized carbons (Fsp3) is 0.652. The van der Waals surface area contributed by atoms with Crippen LogP contribution < -0.4 is 16.0 Å². The lowest BCUT2D eigenvalue weighted by Gasteiger charge is -2.55. The Bertz CT molecular complexity index is 722. The van der Waals surface area contributed by atoms with Crippen molar-refractivity contribution in [3.05, 3.63) is 29.8 Å². The second-order valence-electron chi connectivity index (χ2n) is 8.23. The molecular weight excluding hydrogens is 505 g/mol. The second kappa shape index (κ2) is 13.2. The van der Waals surface area contributed by atoms with E-state index in [0.29, 0.717) is 25.2 Å². The van der Waals surface area contributed by atoms with Gasteiger partial charge in [-0.15, -0.1) is 24.0 Å². The van der Waals surface area contributed by atoms with E-state index in [1.807, 2.05) is 43.3 Å². The summed E-state index contributed by atoms with van der Waals surface area (Å²) in [4.78, 5) is 18.2. The van der Waals surface area contributed by atoms with E-state index in [-0.39, 0.29) is 35.3 Å². The number of ether oxygens (including phenoxy) is 1. The topological polar surface area (TPSA) is 78.0 Å². The molecule has 2 rings (SSSR count). The molecule has 0 radical (unpaired) electrons. The largest absolute Gasteiger partial charge is 0.378 e. The second-order valence-corrected chi connectivity index (χ2v) is 8.23. The Hall–Kier alpha value is -1.39. The summed E-state index contributed by atoms with van der Waals surface area (Å²) in [6.07, 6.45) is 3.48. The summed E-state index contributed by atoms with van der Waals surface area (Å²) in [5, 5.41) is 9.95. The maximum Gasteiger partial charge on any atom is 0.238 e. The summed E-state index contributed by atoms with van der Waals surface area (Å²) in [5.41, 5.74) is 2.04. The molecular formula is C23H40IN5O2. The van der Waals surface area contributed by atoms with Crippen LogP contribution >= 0.6 is 24.0 Å². The highest BCUT2D eigenvalue weighted by molar-refractivity contribution is 14.0. The Balaban J connectivity index is 0.00000480. The molecule has 1 amide bonds. The molecule has 1 fully saturated rings. The lowest BCUT2D eigenvalue weighted by atomic mass is 9.58. The minimum absolute atomic E-state index is 0. The number of likely N-dealkylation sites (N-methyl/N-ethyl adjacent to an activating group) is 1. The van der Waals surface area contributed by atoms with Crippen molar-refractivity contribution in [1.29, 1.82) is 0 Å². The number of aliphatic imine (C=N–C) groups is 1. The molecule has 0 aromatic heterocycles. The van der Waals surface area contributed by atoms with Gasteiger partial charge in [-0.3, -0.25) is 9.79 Å². The third-order valence-corrected chi connectivity index (χ3v) is 6.13. The van der Waals surface area contributed by atoms with Crippen molar-refractivity contribution in [2.24, 2.45) is 10.4 Å². The average molecular weight is 546 g/mol. The molecule has 1 saturated carbocycles. The fourth-order valence-electron chi connectivity index (χ4n) is 4.38. The van der Waals surface area contributed by atoms with Crippen LogP contribution in [0.25, 0.3) is 0 Å². The Morgan fingerprint density at radius 3 is 2.55 bits per heavy atom. The van der Waals surface area contributed by atoms with Crippen LogP contribution in [0.15, 0.2) is 29.3 Å². The molecule has 3 N–H and O–H groups in total. The van der Waals surface area contributed by atoms with E-state index < -0.39 is 0 Å². The highest BCUT2D eigenvalue weighted by Gasteiger charge is 2.53. The number of anilines is 1. The van der Waals surface area contributed by atoms with Crippen LogP contribution in [0.4, 0.5) is 5.69 Å². The smallest absolute Gasteiger partial charge is 0.238 e. The molecule has 1 aliphatic carbocycles. The molecule has 31 heavy (non-hydrogen) atoms. The summed E-state index contributed by atoms with van der Waals surface area (Å²) in [5.74, 6) is 0.773. The van der Waals surface area contributed by atoms with Crippen LogP contribution in [0.5, 0.6) is 0 Å². The van der Waals surface area contributed by atoms with E-state index in [1.54, 1.807) is 7.05 Å². The maximum absolute atomic E-state index is 12.0. The van der Waals surface area contributed by atoms with Gasteiger partial charge in [0.25, 0.3) is 0 Å². The van der Waals surface area contributed by atoms with Gasteiger partial charge in [-0.2, -0.15) is 0 Å². The van der Waals surface area contributed by atoms with Crippen LogP contribution in [0.3, 0.4) is 0 Å². The van der Waals surface area contributed by atoms with E-state index >= 15 is 0 Å². The molecule has 176 valence electrons. The molecule has 0 saturated heterocycles. The van der Waals surface area contributed by atoms with Crippen molar-refractivity contribution in [3.63, 3.8) is 0 Å². The predicted molar refractivity (Wildman–Crippen MR) is 139 cm³/mol. The van der Waals surface area contributed by atoms with E-state index in [2.05, 4.69) is 41.7 Å². The molecule has 2 unspecified atom stereocenters. The maximum atomic E-state index is 12.0. The minimum Gasteiger partial charge on any atom is -0.378 e. The first-order valence-electron chi connectivity index (χ1n) is 11.0. The van der Waals surface area contributed by atoms with Crippen molar-refractivity contribution >= 4 is 41.5 Å². The van der Waals surface area contributed by atoms with Gasteiger partial charge in [-0.05, 0) is 58.0 Å². The number of carbonyl (C=O) groups excluding carboxylic acids is 1. The van der Waals surface area contributed by atoms with Crippen LogP contribution in [0, 0.1) is 5.41 Å². The van der Waals surface area contributed by atoms with E-state index in [1.165, 1.54) is 0 Å². The Labute approximate surface area is 204 Å². The SMILES string of the molecule is CCOC1CC(NC(=NC)NCc2cccc(NC(=O)CN(C)C)c2)C1(CC)CC.I. The van der Waals surface area contributed by atoms with Gasteiger partial charge in [0.05, 0.1) is 12.6 Å². The Morgan fingerprint density at radius 1 is 1.26 bits per heavy atom. The number of nitrogens with one attached hydrogen (secondary N) is 3. The molecule has 0 aliphatic heterocycles. The van der Waals surface area contributed by atoms with Crippen molar-refractivity contribution in [3.8, 4) is 0 Å². The molecule has 8 heteroatoms. The van der Waals surface area contributed by atoms with Gasteiger partial charge in [0.1, 0.15) is 0 Å². The highest BCUT2D eigenvalue weighted by Crippen LogP contribution is 2.48. The first-order chi connectivity index (χ1) is 14.4. The van der Waals surface area contributed by atoms with Gasteiger partial charge < -0.3 is 25.6 Å². The molecule has 0 spiro atoms. The molecule has 2 atom stereocenters. The number of hydrogen-bond donors (Lipinski definition) is 3. The van der Waals surface area contributed by atoms with Gasteiger partial charge >= 0.3 is 0 Å². The van der Waals surface area contributed by atoms with Crippen molar-refractivity contribution in [1.82, 2.24) is 15.5 Å². The van der Waals surface area contributed by atoms with Crippen LogP contribution in [0.1, 0.15) is 45.6 Å². The number of carbonyl (C=O) groups is 1. The third-order valence-electron chi connectivity index (χ3n) is 6.13. The van der Waals surface area contributed by atoms with Crippen LogP contribution in [-0.2, 0) is 16.1 Å². The zero-order chi connectivity index (χ0) is 22.1. The normalized spacial score (nSPS) is 19.9. The molecule has 0 bridgehead atoms. The Morgan fingerprint density at radius 2 is 1.97 bits per heavy atom. The number of benzene rings is 1. The average Bonchev–Trinajstić information content (AvgIpc) is 2.70. The molecule has 0 heterocycles. The van der Waals surface area contributed by atoms with Crippen molar-refractivity contribution in [2.45, 2.75) is 58.7 Å². The lowest BCUT2D eigenvalue weighted by Crippen LogP contribution is -2.65. The Kier molecular flexibility index (Phi) is 11.8. The summed E-state index contributed by atoms with van der Waals surface area (Å²) in [6, 6.07) is 8.25. The van der Waals surface area contributed by atoms with Gasteiger partial charge in [0.15, 0.2) is 5.96 Å². The summed E-state index contributed by atoms with van der Waals surface area (Å²) in [6.45, 7) is 8.30. The van der Waals surface area contributed by atoms with Gasteiger partial charge in [0, 0.05) is 37.3 Å². The zero-order valence-corrected chi connectivity index (χ0v) is 22.2. The van der Waals surface area contributed by atoms with Gasteiger partial charge in [0.2, 0.25) is 5.91 Å². The molecule has 1 aromatic carbocycles. The highest BCUT2D eigenvalue weighted by atomic mass is 127.